The Bertz CT molecular complexity index is 460. The second-order valence-electron chi connectivity index (χ2n) is 2.85. The van der Waals surface area contributed by atoms with Crippen LogP contribution in [-0.2, 0) is 6.18 Å². The maximum atomic E-state index is 12.5. The number of carboxylic acids is 1. The zero-order valence-electron chi connectivity index (χ0n) is 7.73. The molecule has 0 saturated carbocycles. The lowest BCUT2D eigenvalue weighted by Gasteiger charge is -2.13. The summed E-state index contributed by atoms with van der Waals surface area (Å²) in [6.07, 6.45) is -8.05. The summed E-state index contributed by atoms with van der Waals surface area (Å²) in [6.45, 7) is 0. The third-order valence-corrected chi connectivity index (χ3v) is 2.58. The smallest absolute Gasteiger partial charge is 0.434 e. The highest BCUT2D eigenvalue weighted by Crippen LogP contribution is 2.39. The van der Waals surface area contributed by atoms with E-state index in [2.05, 4.69) is 20.9 Å². The first-order valence-corrected chi connectivity index (χ1v) is 4.72. The van der Waals surface area contributed by atoms with Crippen LogP contribution in [-0.4, -0.2) is 16.1 Å². The first-order valence-electron chi connectivity index (χ1n) is 3.93. The minimum atomic E-state index is -4.94. The van der Waals surface area contributed by atoms with Crippen molar-refractivity contribution in [3.63, 3.8) is 0 Å². The predicted octanol–water partition coefficient (Wildman–Crippen LogP) is 3.50. The van der Waals surface area contributed by atoms with Gasteiger partial charge in [0.25, 0.3) is 6.43 Å². The summed E-state index contributed by atoms with van der Waals surface area (Å²) < 4.78 is 61.0. The third kappa shape index (κ3) is 2.71. The number of carbonyl (C=O) groups is 1. The second-order valence-corrected chi connectivity index (χ2v) is 3.64. The highest BCUT2D eigenvalue weighted by Gasteiger charge is 2.38. The van der Waals surface area contributed by atoms with Gasteiger partial charge in [-0.25, -0.2) is 18.6 Å². The summed E-state index contributed by atoms with van der Waals surface area (Å²) in [4.78, 5) is 13.4. The number of hydrogen-bond acceptors (Lipinski definition) is 2. The SMILES string of the molecule is O=C(O)c1cnc(C(F)(F)F)c(Br)c1C(F)F. The van der Waals surface area contributed by atoms with Gasteiger partial charge >= 0.3 is 12.1 Å². The zero-order chi connectivity index (χ0) is 13.4. The molecule has 0 aliphatic rings. The standard InChI is InChI=1S/C8H3BrF5NO2/c9-4-3(6(10)11)2(7(16)17)1-15-5(4)8(12,13)14/h1,6H,(H,16,17). The maximum absolute atomic E-state index is 12.5. The van der Waals surface area contributed by atoms with Gasteiger partial charge in [-0.2, -0.15) is 13.2 Å². The monoisotopic (exact) mass is 319 g/mol. The summed E-state index contributed by atoms with van der Waals surface area (Å²) in [6, 6.07) is 0. The molecule has 0 fully saturated rings. The fourth-order valence-corrected chi connectivity index (χ4v) is 1.80. The van der Waals surface area contributed by atoms with Gasteiger partial charge in [0, 0.05) is 6.20 Å². The van der Waals surface area contributed by atoms with Crippen LogP contribution in [0, 0.1) is 0 Å². The van der Waals surface area contributed by atoms with Crippen molar-refractivity contribution in [3.8, 4) is 0 Å². The molecule has 94 valence electrons. The lowest BCUT2D eigenvalue weighted by atomic mass is 10.1. The molecule has 1 rings (SSSR count). The van der Waals surface area contributed by atoms with E-state index in [9.17, 15) is 26.7 Å². The summed E-state index contributed by atoms with van der Waals surface area (Å²) in [5.41, 5.74) is -3.79. The first-order chi connectivity index (χ1) is 7.66. The number of hydrogen-bond donors (Lipinski definition) is 1. The average Bonchev–Trinajstić information content (AvgIpc) is 2.13. The van der Waals surface area contributed by atoms with Gasteiger partial charge < -0.3 is 5.11 Å². The molecule has 0 aliphatic carbocycles. The fraction of sp³-hybridized carbons (Fsp3) is 0.250. The number of rotatable bonds is 2. The molecule has 0 aromatic carbocycles. The number of alkyl halides is 5. The Hall–Kier alpha value is -1.25. The number of carboxylic acid groups (broad SMARTS) is 1. The van der Waals surface area contributed by atoms with E-state index in [1.807, 2.05) is 0 Å². The topological polar surface area (TPSA) is 50.2 Å². The van der Waals surface area contributed by atoms with Crippen molar-refractivity contribution in [2.24, 2.45) is 0 Å². The average molecular weight is 320 g/mol. The Morgan fingerprint density at radius 2 is 1.94 bits per heavy atom. The molecule has 0 amide bonds. The van der Waals surface area contributed by atoms with Crippen LogP contribution in [0.2, 0.25) is 0 Å². The van der Waals surface area contributed by atoms with Gasteiger partial charge in [-0.05, 0) is 15.9 Å². The van der Waals surface area contributed by atoms with Gasteiger partial charge in [-0.15, -0.1) is 0 Å². The molecule has 17 heavy (non-hydrogen) atoms. The van der Waals surface area contributed by atoms with Crippen LogP contribution in [0.1, 0.15) is 28.0 Å². The van der Waals surface area contributed by atoms with Crippen molar-refractivity contribution in [1.29, 1.82) is 0 Å². The first kappa shape index (κ1) is 13.8. The molecule has 0 aliphatic heterocycles. The zero-order valence-corrected chi connectivity index (χ0v) is 9.31. The summed E-state index contributed by atoms with van der Waals surface area (Å²) in [5.74, 6) is -1.78. The van der Waals surface area contributed by atoms with E-state index in [0.717, 1.165) is 0 Å². The number of halogens is 6. The van der Waals surface area contributed by atoms with Crippen LogP contribution in [0.5, 0.6) is 0 Å². The van der Waals surface area contributed by atoms with Crippen molar-refractivity contribution in [2.45, 2.75) is 12.6 Å². The molecule has 1 aromatic rings. The molecule has 0 bridgehead atoms. The minimum Gasteiger partial charge on any atom is -0.478 e. The largest absolute Gasteiger partial charge is 0.478 e. The molecule has 9 heteroatoms. The molecule has 3 nitrogen and oxygen atoms in total. The van der Waals surface area contributed by atoms with Crippen molar-refractivity contribution in [3.05, 3.63) is 27.5 Å². The van der Waals surface area contributed by atoms with Crippen LogP contribution < -0.4 is 0 Å². The minimum absolute atomic E-state index is 0.261. The molecular formula is C8H3BrF5NO2. The lowest BCUT2D eigenvalue weighted by Crippen LogP contribution is -2.14. The van der Waals surface area contributed by atoms with Gasteiger partial charge in [-0.1, -0.05) is 0 Å². The predicted molar refractivity (Wildman–Crippen MR) is 48.9 cm³/mol. The van der Waals surface area contributed by atoms with Crippen LogP contribution in [0.25, 0.3) is 0 Å². The van der Waals surface area contributed by atoms with Crippen molar-refractivity contribution in [1.82, 2.24) is 4.98 Å². The number of aromatic carboxylic acids is 1. The molecule has 1 N–H and O–H groups in total. The van der Waals surface area contributed by atoms with Gasteiger partial charge in [-0.3, -0.25) is 0 Å². The highest BCUT2D eigenvalue weighted by molar-refractivity contribution is 9.10. The molecular weight excluding hydrogens is 317 g/mol. The Balaban J connectivity index is 3.55. The van der Waals surface area contributed by atoms with Crippen molar-refractivity contribution >= 4 is 21.9 Å². The summed E-state index contributed by atoms with van der Waals surface area (Å²) in [7, 11) is 0. The van der Waals surface area contributed by atoms with E-state index >= 15 is 0 Å². The molecule has 1 heterocycles. The maximum Gasteiger partial charge on any atom is 0.434 e. The Morgan fingerprint density at radius 3 is 2.29 bits per heavy atom. The van der Waals surface area contributed by atoms with Gasteiger partial charge in [0.05, 0.1) is 15.6 Å². The van der Waals surface area contributed by atoms with Gasteiger partial charge in [0.15, 0.2) is 5.69 Å². The molecule has 0 radical (unpaired) electrons. The van der Waals surface area contributed by atoms with Crippen LogP contribution in [0.3, 0.4) is 0 Å². The normalized spacial score (nSPS) is 11.9. The summed E-state index contributed by atoms with van der Waals surface area (Å²) in [5, 5.41) is 8.56. The third-order valence-electron chi connectivity index (χ3n) is 1.77. The Kier molecular flexibility index (Phi) is 3.70. The van der Waals surface area contributed by atoms with E-state index in [0.29, 0.717) is 0 Å². The van der Waals surface area contributed by atoms with E-state index in [1.54, 1.807) is 0 Å². The fourth-order valence-electron chi connectivity index (χ4n) is 1.08. The molecule has 1 aromatic heterocycles. The number of aromatic nitrogens is 1. The van der Waals surface area contributed by atoms with E-state index in [4.69, 9.17) is 5.11 Å². The van der Waals surface area contributed by atoms with Crippen LogP contribution in [0.15, 0.2) is 10.7 Å². The Labute approximate surface area is 99.4 Å². The van der Waals surface area contributed by atoms with E-state index in [1.165, 1.54) is 0 Å². The van der Waals surface area contributed by atoms with Crippen LogP contribution >= 0.6 is 15.9 Å². The van der Waals surface area contributed by atoms with Gasteiger partial charge in [0.1, 0.15) is 0 Å². The molecule has 0 atom stereocenters. The van der Waals surface area contributed by atoms with E-state index in [-0.39, 0.29) is 6.20 Å². The number of pyridine rings is 1. The molecule has 0 saturated heterocycles. The molecule has 0 spiro atoms. The second kappa shape index (κ2) is 4.55. The lowest BCUT2D eigenvalue weighted by molar-refractivity contribution is -0.142. The van der Waals surface area contributed by atoms with Crippen molar-refractivity contribution in [2.75, 3.05) is 0 Å². The Morgan fingerprint density at radius 1 is 1.41 bits per heavy atom. The van der Waals surface area contributed by atoms with E-state index < -0.39 is 39.9 Å². The van der Waals surface area contributed by atoms with Crippen molar-refractivity contribution < 1.29 is 31.9 Å². The van der Waals surface area contributed by atoms with Crippen LogP contribution in [0.4, 0.5) is 22.0 Å². The molecule has 0 unspecified atom stereocenters. The van der Waals surface area contributed by atoms with Gasteiger partial charge in [0.2, 0.25) is 0 Å². The number of nitrogens with zero attached hydrogens (tertiary/aromatic N) is 1. The quantitative estimate of drug-likeness (QED) is 0.849. The highest BCUT2D eigenvalue weighted by atomic mass is 79.9. The summed E-state index contributed by atoms with van der Waals surface area (Å²) >= 11 is 2.31.